The lowest BCUT2D eigenvalue weighted by molar-refractivity contribution is 0.0355. The summed E-state index contributed by atoms with van der Waals surface area (Å²) in [6.07, 6.45) is 0. The number of likely N-dealkylation sites (N-methyl/N-ethyl adjacent to an activating group) is 2. The molecule has 1 saturated heterocycles. The Morgan fingerprint density at radius 2 is 2.00 bits per heavy atom. The summed E-state index contributed by atoms with van der Waals surface area (Å²) < 4.78 is 0. The Morgan fingerprint density at radius 3 is 2.53 bits per heavy atom. The second-order valence-electron chi connectivity index (χ2n) is 5.37. The summed E-state index contributed by atoms with van der Waals surface area (Å²) in [5, 5.41) is 3.31. The van der Waals surface area contributed by atoms with Crippen molar-refractivity contribution in [1.82, 2.24) is 15.1 Å². The van der Waals surface area contributed by atoms with Crippen molar-refractivity contribution >= 4 is 0 Å². The maximum atomic E-state index is 3.31. The minimum absolute atomic E-state index is 0.672. The van der Waals surface area contributed by atoms with Gasteiger partial charge in [-0.25, -0.2) is 0 Å². The van der Waals surface area contributed by atoms with Crippen LogP contribution in [0, 0.1) is 5.92 Å². The molecule has 90 valence electrons. The second kappa shape index (κ2) is 5.83. The van der Waals surface area contributed by atoms with Crippen molar-refractivity contribution < 1.29 is 0 Å². The number of nitrogens with one attached hydrogen (secondary N) is 1. The highest BCUT2D eigenvalue weighted by molar-refractivity contribution is 4.87. The van der Waals surface area contributed by atoms with Crippen LogP contribution in [-0.4, -0.2) is 62.2 Å². The lowest BCUT2D eigenvalue weighted by Gasteiger charge is -2.45. The highest BCUT2D eigenvalue weighted by Crippen LogP contribution is 2.16. The summed E-state index contributed by atoms with van der Waals surface area (Å²) in [7, 11) is 4.28. The summed E-state index contributed by atoms with van der Waals surface area (Å²) >= 11 is 0. The van der Waals surface area contributed by atoms with E-state index in [1.165, 1.54) is 19.6 Å². The third-order valence-corrected chi connectivity index (χ3v) is 3.15. The molecule has 2 atom stereocenters. The molecule has 1 aliphatic rings. The molecule has 0 amide bonds. The van der Waals surface area contributed by atoms with Crippen molar-refractivity contribution in [1.29, 1.82) is 0 Å². The van der Waals surface area contributed by atoms with Crippen LogP contribution in [0.3, 0.4) is 0 Å². The number of nitrogens with zero attached hydrogens (tertiary/aromatic N) is 2. The van der Waals surface area contributed by atoms with Gasteiger partial charge in [0.25, 0.3) is 0 Å². The van der Waals surface area contributed by atoms with Crippen LogP contribution >= 0.6 is 0 Å². The standard InChI is InChI=1S/C12H27N3/c1-10(2)7-15-11(3)8-14(5)9-12(15)6-13-4/h10-13H,6-9H2,1-5H3. The molecule has 0 saturated carbocycles. The van der Waals surface area contributed by atoms with E-state index < -0.39 is 0 Å². The van der Waals surface area contributed by atoms with Crippen LogP contribution in [0.5, 0.6) is 0 Å². The van der Waals surface area contributed by atoms with E-state index >= 15 is 0 Å². The molecule has 0 aliphatic carbocycles. The van der Waals surface area contributed by atoms with Crippen molar-refractivity contribution in [2.24, 2.45) is 5.92 Å². The molecule has 0 aromatic carbocycles. The van der Waals surface area contributed by atoms with Gasteiger partial charge in [0.1, 0.15) is 0 Å². The highest BCUT2D eigenvalue weighted by Gasteiger charge is 2.29. The molecular weight excluding hydrogens is 186 g/mol. The number of rotatable bonds is 4. The Hall–Kier alpha value is -0.120. The normalized spacial score (nSPS) is 30.0. The molecule has 3 heteroatoms. The molecule has 0 bridgehead atoms. The van der Waals surface area contributed by atoms with Gasteiger partial charge in [0.05, 0.1) is 0 Å². The monoisotopic (exact) mass is 213 g/mol. The fourth-order valence-corrected chi connectivity index (χ4v) is 2.62. The maximum Gasteiger partial charge on any atom is 0.0351 e. The van der Waals surface area contributed by atoms with Gasteiger partial charge in [-0.3, -0.25) is 4.90 Å². The predicted molar refractivity (Wildman–Crippen MR) is 66.2 cm³/mol. The third-order valence-electron chi connectivity index (χ3n) is 3.15. The van der Waals surface area contributed by atoms with Gasteiger partial charge in [-0.15, -0.1) is 0 Å². The van der Waals surface area contributed by atoms with Gasteiger partial charge in [0.2, 0.25) is 0 Å². The van der Waals surface area contributed by atoms with Gasteiger partial charge in [-0.2, -0.15) is 0 Å². The van der Waals surface area contributed by atoms with E-state index in [0.717, 1.165) is 12.5 Å². The summed E-state index contributed by atoms with van der Waals surface area (Å²) in [6.45, 7) is 11.7. The highest BCUT2D eigenvalue weighted by atomic mass is 15.3. The summed E-state index contributed by atoms with van der Waals surface area (Å²) in [5.41, 5.74) is 0. The van der Waals surface area contributed by atoms with E-state index in [2.05, 4.69) is 42.9 Å². The van der Waals surface area contributed by atoms with Gasteiger partial charge in [0, 0.05) is 38.3 Å². The first-order valence-electron chi connectivity index (χ1n) is 6.13. The number of hydrogen-bond donors (Lipinski definition) is 1. The maximum absolute atomic E-state index is 3.31. The van der Waals surface area contributed by atoms with Gasteiger partial charge in [0.15, 0.2) is 0 Å². The summed E-state index contributed by atoms with van der Waals surface area (Å²) in [4.78, 5) is 5.12. The van der Waals surface area contributed by atoms with Crippen LogP contribution in [0.1, 0.15) is 20.8 Å². The third kappa shape index (κ3) is 3.74. The zero-order valence-electron chi connectivity index (χ0n) is 11.0. The first kappa shape index (κ1) is 12.9. The van der Waals surface area contributed by atoms with E-state index in [-0.39, 0.29) is 0 Å². The van der Waals surface area contributed by atoms with Gasteiger partial charge in [-0.1, -0.05) is 13.8 Å². The van der Waals surface area contributed by atoms with Gasteiger partial charge < -0.3 is 10.2 Å². The second-order valence-corrected chi connectivity index (χ2v) is 5.37. The van der Waals surface area contributed by atoms with Crippen LogP contribution in [0.15, 0.2) is 0 Å². The molecule has 1 fully saturated rings. The van der Waals surface area contributed by atoms with E-state index in [1.807, 2.05) is 7.05 Å². The minimum Gasteiger partial charge on any atom is -0.318 e. The Bertz CT molecular complexity index is 182. The molecule has 0 spiro atoms. The molecule has 2 unspecified atom stereocenters. The average Bonchev–Trinajstić information content (AvgIpc) is 2.11. The van der Waals surface area contributed by atoms with E-state index in [1.54, 1.807) is 0 Å². The first-order valence-corrected chi connectivity index (χ1v) is 6.13. The summed E-state index contributed by atoms with van der Waals surface area (Å²) in [6, 6.07) is 1.36. The van der Waals surface area contributed by atoms with Crippen LogP contribution in [0.2, 0.25) is 0 Å². The summed E-state index contributed by atoms with van der Waals surface area (Å²) in [5.74, 6) is 0.759. The molecule has 15 heavy (non-hydrogen) atoms. The van der Waals surface area contributed by atoms with Crippen LogP contribution in [-0.2, 0) is 0 Å². The Morgan fingerprint density at radius 1 is 1.33 bits per heavy atom. The smallest absolute Gasteiger partial charge is 0.0351 e. The largest absolute Gasteiger partial charge is 0.318 e. The topological polar surface area (TPSA) is 18.5 Å². The van der Waals surface area contributed by atoms with Crippen LogP contribution < -0.4 is 5.32 Å². The van der Waals surface area contributed by atoms with Gasteiger partial charge >= 0.3 is 0 Å². The fourth-order valence-electron chi connectivity index (χ4n) is 2.62. The molecule has 1 N–H and O–H groups in total. The molecule has 1 heterocycles. The molecular formula is C12H27N3. The van der Waals surface area contributed by atoms with Crippen molar-refractivity contribution in [2.45, 2.75) is 32.9 Å². The molecule has 0 radical (unpaired) electrons. The Balaban J connectivity index is 2.59. The quantitative estimate of drug-likeness (QED) is 0.747. The molecule has 1 rings (SSSR count). The predicted octanol–water partition coefficient (Wildman–Crippen LogP) is 0.866. The zero-order chi connectivity index (χ0) is 11.4. The van der Waals surface area contributed by atoms with Crippen molar-refractivity contribution in [3.63, 3.8) is 0 Å². The lowest BCUT2D eigenvalue weighted by Crippen LogP contribution is -2.60. The first-order chi connectivity index (χ1) is 7.04. The van der Waals surface area contributed by atoms with Crippen LogP contribution in [0.4, 0.5) is 0 Å². The zero-order valence-corrected chi connectivity index (χ0v) is 11.0. The van der Waals surface area contributed by atoms with E-state index in [0.29, 0.717) is 12.1 Å². The number of piperazine rings is 1. The SMILES string of the molecule is CNCC1CN(C)CC(C)N1CC(C)C. The fraction of sp³-hybridized carbons (Fsp3) is 1.00. The van der Waals surface area contributed by atoms with Crippen molar-refractivity contribution in [3.05, 3.63) is 0 Å². The van der Waals surface area contributed by atoms with Gasteiger partial charge in [-0.05, 0) is 26.9 Å². The minimum atomic E-state index is 0.672. The molecule has 0 aromatic rings. The van der Waals surface area contributed by atoms with Crippen molar-refractivity contribution in [2.75, 3.05) is 40.3 Å². The Labute approximate surface area is 94.8 Å². The van der Waals surface area contributed by atoms with E-state index in [9.17, 15) is 0 Å². The van der Waals surface area contributed by atoms with Crippen LogP contribution in [0.25, 0.3) is 0 Å². The average molecular weight is 213 g/mol. The molecule has 3 nitrogen and oxygen atoms in total. The molecule has 0 aromatic heterocycles. The van der Waals surface area contributed by atoms with Crippen molar-refractivity contribution in [3.8, 4) is 0 Å². The number of hydrogen-bond acceptors (Lipinski definition) is 3. The lowest BCUT2D eigenvalue weighted by atomic mass is 10.0. The van der Waals surface area contributed by atoms with E-state index in [4.69, 9.17) is 0 Å². The Kier molecular flexibility index (Phi) is 5.03. The molecule has 1 aliphatic heterocycles.